The molecular weight excluding hydrogens is 480 g/mol. The molecule has 4 nitrogen and oxygen atoms in total. The molecule has 4 heteroatoms. The van der Waals surface area contributed by atoms with Gasteiger partial charge in [0.05, 0.1) is 0 Å². The number of carbonyl (C=O) groups excluding carboxylic acids is 2. The SMILES string of the molecule is CCCCCCCCCCCCCCCC(=O)C[C@@H](CCCCN)C(=O)NCCCCCCCCCCCC. The molecule has 0 aromatic heterocycles. The van der Waals surface area contributed by atoms with Gasteiger partial charge < -0.3 is 11.1 Å². The third kappa shape index (κ3) is 28.4. The number of carbonyl (C=O) groups is 2. The fourth-order valence-electron chi connectivity index (χ4n) is 5.55. The third-order valence-corrected chi connectivity index (χ3v) is 8.24. The van der Waals surface area contributed by atoms with Crippen molar-refractivity contribution >= 4 is 11.7 Å². The fourth-order valence-corrected chi connectivity index (χ4v) is 5.55. The van der Waals surface area contributed by atoms with Crippen LogP contribution in [0.3, 0.4) is 0 Å². The van der Waals surface area contributed by atoms with Gasteiger partial charge in [-0.1, -0.05) is 155 Å². The van der Waals surface area contributed by atoms with Gasteiger partial charge in [0.25, 0.3) is 0 Å². The fraction of sp³-hybridized carbons (Fsp3) is 0.943. The van der Waals surface area contributed by atoms with E-state index < -0.39 is 0 Å². The molecule has 0 unspecified atom stereocenters. The Morgan fingerprint density at radius 3 is 1.38 bits per heavy atom. The summed E-state index contributed by atoms with van der Waals surface area (Å²) in [4.78, 5) is 25.5. The van der Waals surface area contributed by atoms with E-state index >= 15 is 0 Å². The Balaban J connectivity index is 3.88. The van der Waals surface area contributed by atoms with Crippen LogP contribution in [0.4, 0.5) is 0 Å². The zero-order valence-corrected chi connectivity index (χ0v) is 26.7. The molecule has 1 atom stereocenters. The van der Waals surface area contributed by atoms with E-state index in [1.165, 1.54) is 128 Å². The molecule has 0 saturated heterocycles. The van der Waals surface area contributed by atoms with Gasteiger partial charge in [-0.25, -0.2) is 0 Å². The summed E-state index contributed by atoms with van der Waals surface area (Å²) in [5.41, 5.74) is 5.66. The minimum absolute atomic E-state index is 0.0849. The number of nitrogens with one attached hydrogen (secondary N) is 1. The van der Waals surface area contributed by atoms with E-state index in [1.807, 2.05) is 0 Å². The van der Waals surface area contributed by atoms with Gasteiger partial charge in [-0.05, 0) is 32.2 Å². The lowest BCUT2D eigenvalue weighted by Crippen LogP contribution is -2.33. The number of ketones is 1. The van der Waals surface area contributed by atoms with Crippen molar-refractivity contribution in [2.75, 3.05) is 13.1 Å². The quantitative estimate of drug-likeness (QED) is 0.0818. The molecule has 0 heterocycles. The van der Waals surface area contributed by atoms with Crippen LogP contribution in [0.15, 0.2) is 0 Å². The van der Waals surface area contributed by atoms with Crippen molar-refractivity contribution in [3.8, 4) is 0 Å². The third-order valence-electron chi connectivity index (χ3n) is 8.24. The summed E-state index contributed by atoms with van der Waals surface area (Å²) in [7, 11) is 0. The Labute approximate surface area is 244 Å². The first-order valence-electron chi connectivity index (χ1n) is 17.6. The minimum atomic E-state index is -0.172. The molecule has 0 aliphatic carbocycles. The molecule has 39 heavy (non-hydrogen) atoms. The number of hydrogen-bond donors (Lipinski definition) is 2. The smallest absolute Gasteiger partial charge is 0.223 e. The van der Waals surface area contributed by atoms with Crippen molar-refractivity contribution in [1.82, 2.24) is 5.32 Å². The lowest BCUT2D eigenvalue weighted by molar-refractivity contribution is -0.129. The molecule has 0 bridgehead atoms. The van der Waals surface area contributed by atoms with Gasteiger partial charge >= 0.3 is 0 Å². The van der Waals surface area contributed by atoms with E-state index in [0.717, 1.165) is 45.1 Å². The molecule has 0 aliphatic rings. The Kier molecular flexibility index (Phi) is 30.9. The molecule has 0 spiro atoms. The molecule has 0 aliphatic heterocycles. The van der Waals surface area contributed by atoms with Crippen LogP contribution in [0.5, 0.6) is 0 Å². The Morgan fingerprint density at radius 1 is 0.538 bits per heavy atom. The summed E-state index contributed by atoms with van der Waals surface area (Å²) in [5, 5.41) is 3.14. The molecule has 0 rings (SSSR count). The van der Waals surface area contributed by atoms with Crippen molar-refractivity contribution in [3.63, 3.8) is 0 Å². The molecule has 232 valence electrons. The highest BCUT2D eigenvalue weighted by atomic mass is 16.2. The Hall–Kier alpha value is -0.900. The molecule has 0 saturated carbocycles. The highest BCUT2D eigenvalue weighted by Gasteiger charge is 2.21. The van der Waals surface area contributed by atoms with Crippen molar-refractivity contribution in [2.45, 2.75) is 194 Å². The number of rotatable bonds is 32. The first kappa shape index (κ1) is 38.1. The van der Waals surface area contributed by atoms with Gasteiger partial charge in [0.2, 0.25) is 5.91 Å². The maximum absolute atomic E-state index is 12.8. The second-order valence-corrected chi connectivity index (χ2v) is 12.2. The van der Waals surface area contributed by atoms with Crippen LogP contribution in [0, 0.1) is 5.92 Å². The van der Waals surface area contributed by atoms with Gasteiger partial charge in [-0.15, -0.1) is 0 Å². The lowest BCUT2D eigenvalue weighted by Gasteiger charge is -2.16. The summed E-state index contributed by atoms with van der Waals surface area (Å²) in [6, 6.07) is 0. The largest absolute Gasteiger partial charge is 0.356 e. The van der Waals surface area contributed by atoms with Gasteiger partial charge in [0.15, 0.2) is 0 Å². The topological polar surface area (TPSA) is 72.2 Å². The summed E-state index contributed by atoms with van der Waals surface area (Å²) in [5.74, 6) is 0.181. The first-order valence-corrected chi connectivity index (χ1v) is 17.6. The van der Waals surface area contributed by atoms with E-state index in [9.17, 15) is 9.59 Å². The van der Waals surface area contributed by atoms with Crippen LogP contribution < -0.4 is 11.1 Å². The Morgan fingerprint density at radius 2 is 0.949 bits per heavy atom. The van der Waals surface area contributed by atoms with Crippen molar-refractivity contribution in [2.24, 2.45) is 11.7 Å². The van der Waals surface area contributed by atoms with Gasteiger partial charge in [0.1, 0.15) is 5.78 Å². The molecule has 0 fully saturated rings. The van der Waals surface area contributed by atoms with Crippen molar-refractivity contribution in [1.29, 1.82) is 0 Å². The van der Waals surface area contributed by atoms with Crippen LogP contribution >= 0.6 is 0 Å². The maximum Gasteiger partial charge on any atom is 0.223 e. The predicted octanol–water partition coefficient (Wildman–Crippen LogP) is 10.2. The summed E-state index contributed by atoms with van der Waals surface area (Å²) in [6.45, 7) is 5.94. The highest BCUT2D eigenvalue weighted by molar-refractivity contribution is 5.86. The average molecular weight is 551 g/mol. The number of nitrogens with two attached hydrogens (primary N) is 1. The molecule has 3 N–H and O–H groups in total. The highest BCUT2D eigenvalue weighted by Crippen LogP contribution is 2.18. The van der Waals surface area contributed by atoms with E-state index in [1.54, 1.807) is 0 Å². The van der Waals surface area contributed by atoms with Gasteiger partial charge in [-0.3, -0.25) is 9.59 Å². The number of amides is 1. The van der Waals surface area contributed by atoms with Crippen molar-refractivity contribution < 1.29 is 9.59 Å². The Bertz CT molecular complexity index is 523. The molecule has 0 aromatic rings. The van der Waals surface area contributed by atoms with Crippen LogP contribution in [0.25, 0.3) is 0 Å². The average Bonchev–Trinajstić information content (AvgIpc) is 2.93. The summed E-state index contributed by atoms with van der Waals surface area (Å²) < 4.78 is 0. The van der Waals surface area contributed by atoms with Crippen LogP contribution in [-0.2, 0) is 9.59 Å². The van der Waals surface area contributed by atoms with E-state index in [4.69, 9.17) is 5.73 Å². The summed E-state index contributed by atoms with van der Waals surface area (Å²) >= 11 is 0. The van der Waals surface area contributed by atoms with E-state index in [-0.39, 0.29) is 17.6 Å². The van der Waals surface area contributed by atoms with Crippen LogP contribution in [0.1, 0.15) is 194 Å². The van der Waals surface area contributed by atoms with Crippen LogP contribution in [0.2, 0.25) is 0 Å². The lowest BCUT2D eigenvalue weighted by atomic mass is 9.93. The van der Waals surface area contributed by atoms with E-state index in [2.05, 4.69) is 19.2 Å². The number of unbranched alkanes of at least 4 members (excludes halogenated alkanes) is 22. The van der Waals surface area contributed by atoms with Crippen molar-refractivity contribution in [3.05, 3.63) is 0 Å². The standard InChI is InChI=1S/C35H70N2O2/c1-3-5-7-9-11-13-15-16-17-18-20-22-24-29-34(38)32-33(28-25-26-30-36)35(39)37-31-27-23-21-19-14-12-10-8-6-4-2/h33H,3-32,36H2,1-2H3,(H,37,39)/t33-/m1/s1. The predicted molar refractivity (Wildman–Crippen MR) is 171 cm³/mol. The number of hydrogen-bond acceptors (Lipinski definition) is 3. The molecule has 0 aromatic carbocycles. The summed E-state index contributed by atoms with van der Waals surface area (Å²) in [6.07, 6.45) is 33.8. The first-order chi connectivity index (χ1) is 19.2. The molecule has 0 radical (unpaired) electrons. The number of Topliss-reactive ketones (excluding diaryl/α,β-unsaturated/α-hetero) is 1. The zero-order valence-electron chi connectivity index (χ0n) is 26.7. The normalized spacial score (nSPS) is 12.1. The van der Waals surface area contributed by atoms with Crippen LogP contribution in [-0.4, -0.2) is 24.8 Å². The zero-order chi connectivity index (χ0) is 28.7. The second kappa shape index (κ2) is 31.6. The molecule has 1 amide bonds. The van der Waals surface area contributed by atoms with Gasteiger partial charge in [-0.2, -0.15) is 0 Å². The minimum Gasteiger partial charge on any atom is -0.356 e. The van der Waals surface area contributed by atoms with E-state index in [0.29, 0.717) is 19.4 Å². The second-order valence-electron chi connectivity index (χ2n) is 12.2. The molecular formula is C35H70N2O2. The monoisotopic (exact) mass is 551 g/mol. The van der Waals surface area contributed by atoms with Gasteiger partial charge in [0, 0.05) is 25.3 Å². The maximum atomic E-state index is 12.8.